The summed E-state index contributed by atoms with van der Waals surface area (Å²) >= 11 is 0. The van der Waals surface area contributed by atoms with Crippen molar-refractivity contribution in [3.8, 4) is 0 Å². The first-order valence-corrected chi connectivity index (χ1v) is 14.9. The van der Waals surface area contributed by atoms with Gasteiger partial charge in [0.2, 0.25) is 17.7 Å². The standard InChI is InChI=1S/C28H51N3O9/c1-3-10-20-15-21(17-32)31(16-20)24(36)12-7-4-8-13-29-23(35)11-6-5-9-14-39-28-25(30-19(2)34)27(38)26(37)22(18-33)40-28/h20-22,25-28,32-33,37-38H,3-18H2,1-2H3,(H,29,35)(H,30,34)/t20-,21+,22?,25?,26?,27?,28?/m1/s1. The molecule has 3 amide bonds. The van der Waals surface area contributed by atoms with E-state index in [2.05, 4.69) is 17.6 Å². The van der Waals surface area contributed by atoms with E-state index in [1.54, 1.807) is 0 Å². The molecule has 0 bridgehead atoms. The number of nitrogens with zero attached hydrogens (tertiary/aromatic N) is 1. The monoisotopic (exact) mass is 573 g/mol. The largest absolute Gasteiger partial charge is 0.394 e. The Bertz CT molecular complexity index is 771. The smallest absolute Gasteiger partial charge is 0.222 e. The fourth-order valence-electron chi connectivity index (χ4n) is 5.52. The number of carbonyl (C=O) groups is 3. The number of unbranched alkanes of at least 4 members (excludes halogenated alkanes) is 4. The fraction of sp³-hybridized carbons (Fsp3) is 0.893. The minimum Gasteiger partial charge on any atom is -0.394 e. The van der Waals surface area contributed by atoms with Gasteiger partial charge in [0.1, 0.15) is 24.4 Å². The van der Waals surface area contributed by atoms with Crippen LogP contribution in [0.1, 0.15) is 84.5 Å². The normalized spacial score (nSPS) is 28.4. The lowest BCUT2D eigenvalue weighted by atomic mass is 9.97. The second kappa shape index (κ2) is 18.6. The number of carbonyl (C=O) groups excluding carboxylic acids is 3. The summed E-state index contributed by atoms with van der Waals surface area (Å²) in [5.41, 5.74) is 0. The predicted octanol–water partition coefficient (Wildman–Crippen LogP) is 0.193. The van der Waals surface area contributed by atoms with Crippen LogP contribution in [0.2, 0.25) is 0 Å². The van der Waals surface area contributed by atoms with Crippen LogP contribution in [-0.4, -0.2) is 113 Å². The molecule has 2 saturated heterocycles. The summed E-state index contributed by atoms with van der Waals surface area (Å²) in [5.74, 6) is 0.180. The van der Waals surface area contributed by atoms with Crippen molar-refractivity contribution in [2.75, 3.05) is 32.9 Å². The van der Waals surface area contributed by atoms with Crippen molar-refractivity contribution >= 4 is 17.7 Å². The number of hydrogen-bond donors (Lipinski definition) is 6. The highest BCUT2D eigenvalue weighted by Crippen LogP contribution is 2.27. The van der Waals surface area contributed by atoms with E-state index < -0.39 is 43.2 Å². The lowest BCUT2D eigenvalue weighted by molar-refractivity contribution is -0.270. The summed E-state index contributed by atoms with van der Waals surface area (Å²) in [6, 6.07) is -1.01. The SMILES string of the molecule is CCC[C@@H]1C[C@@H](CO)N(C(=O)CCCCCNC(=O)CCCCCOC2OC(CO)C(O)C(O)C2NC(C)=O)C1. The number of hydrogen-bond acceptors (Lipinski definition) is 9. The van der Waals surface area contributed by atoms with Gasteiger partial charge < -0.3 is 45.4 Å². The summed E-state index contributed by atoms with van der Waals surface area (Å²) in [6.45, 7) is 4.54. The molecule has 40 heavy (non-hydrogen) atoms. The predicted molar refractivity (Wildman–Crippen MR) is 147 cm³/mol. The highest BCUT2D eigenvalue weighted by atomic mass is 16.7. The van der Waals surface area contributed by atoms with Crippen LogP contribution in [0.4, 0.5) is 0 Å². The average molecular weight is 574 g/mol. The molecule has 12 heteroatoms. The van der Waals surface area contributed by atoms with Gasteiger partial charge in [-0.05, 0) is 44.4 Å². The zero-order chi connectivity index (χ0) is 29.5. The molecule has 2 rings (SSSR count). The van der Waals surface area contributed by atoms with Gasteiger partial charge in [-0.2, -0.15) is 0 Å². The van der Waals surface area contributed by atoms with Crippen molar-refractivity contribution in [3.63, 3.8) is 0 Å². The molecule has 0 radical (unpaired) electrons. The molecule has 0 aromatic carbocycles. The number of ether oxygens (including phenoxy) is 2. The molecule has 0 saturated carbocycles. The van der Waals surface area contributed by atoms with E-state index in [0.717, 1.165) is 51.5 Å². The van der Waals surface area contributed by atoms with Crippen molar-refractivity contribution in [1.29, 1.82) is 0 Å². The molecule has 7 atom stereocenters. The third-order valence-corrected chi connectivity index (χ3v) is 7.70. The van der Waals surface area contributed by atoms with Crippen molar-refractivity contribution in [2.45, 2.75) is 121 Å². The van der Waals surface area contributed by atoms with Gasteiger partial charge >= 0.3 is 0 Å². The molecule has 12 nitrogen and oxygen atoms in total. The minimum atomic E-state index is -1.35. The Balaban J connectivity index is 1.52. The summed E-state index contributed by atoms with van der Waals surface area (Å²) in [4.78, 5) is 38.0. The first-order valence-electron chi connectivity index (χ1n) is 14.9. The highest BCUT2D eigenvalue weighted by Gasteiger charge is 2.45. The van der Waals surface area contributed by atoms with Gasteiger partial charge in [-0.1, -0.05) is 26.2 Å². The van der Waals surface area contributed by atoms with Gasteiger partial charge in [-0.15, -0.1) is 0 Å². The Kier molecular flexibility index (Phi) is 16.0. The third-order valence-electron chi connectivity index (χ3n) is 7.70. The average Bonchev–Trinajstić information content (AvgIpc) is 3.34. The number of aliphatic hydroxyl groups excluding tert-OH is 4. The van der Waals surface area contributed by atoms with E-state index in [1.807, 2.05) is 4.90 Å². The van der Waals surface area contributed by atoms with Gasteiger partial charge in [0, 0.05) is 39.5 Å². The molecule has 2 aliphatic rings. The molecule has 0 aromatic rings. The molecule has 2 aliphatic heterocycles. The number of aliphatic hydroxyl groups is 4. The van der Waals surface area contributed by atoms with Crippen LogP contribution in [0.3, 0.4) is 0 Å². The van der Waals surface area contributed by atoms with Crippen LogP contribution in [0.5, 0.6) is 0 Å². The minimum absolute atomic E-state index is 0.0222. The van der Waals surface area contributed by atoms with Crippen LogP contribution in [0, 0.1) is 5.92 Å². The summed E-state index contributed by atoms with van der Waals surface area (Å²) < 4.78 is 11.2. The van der Waals surface area contributed by atoms with Crippen LogP contribution in [-0.2, 0) is 23.9 Å². The Labute approximate surface area is 237 Å². The summed E-state index contributed by atoms with van der Waals surface area (Å²) in [7, 11) is 0. The van der Waals surface area contributed by atoms with Gasteiger partial charge in [-0.3, -0.25) is 14.4 Å². The molecule has 0 spiro atoms. The zero-order valence-corrected chi connectivity index (χ0v) is 24.1. The molecular formula is C28H51N3O9. The lowest BCUT2D eigenvalue weighted by Gasteiger charge is -2.42. The molecular weight excluding hydrogens is 522 g/mol. The Morgan fingerprint density at radius 2 is 1.70 bits per heavy atom. The van der Waals surface area contributed by atoms with E-state index in [9.17, 15) is 34.8 Å². The van der Waals surface area contributed by atoms with E-state index in [-0.39, 0.29) is 31.1 Å². The first kappa shape index (κ1) is 34.4. The summed E-state index contributed by atoms with van der Waals surface area (Å²) in [5, 5.41) is 44.7. The van der Waals surface area contributed by atoms with Gasteiger partial charge in [-0.25, -0.2) is 0 Å². The van der Waals surface area contributed by atoms with Crippen LogP contribution in [0.25, 0.3) is 0 Å². The van der Waals surface area contributed by atoms with Gasteiger partial charge in [0.15, 0.2) is 6.29 Å². The third kappa shape index (κ3) is 11.2. The topological polar surface area (TPSA) is 178 Å². The molecule has 2 fully saturated rings. The maximum atomic E-state index is 12.6. The van der Waals surface area contributed by atoms with Crippen molar-refractivity contribution < 1.29 is 44.3 Å². The Hall–Kier alpha value is -1.83. The maximum Gasteiger partial charge on any atom is 0.222 e. The van der Waals surface area contributed by atoms with Crippen LogP contribution < -0.4 is 10.6 Å². The number of rotatable bonds is 18. The first-order chi connectivity index (χ1) is 19.2. The van der Waals surface area contributed by atoms with Gasteiger partial charge in [0.25, 0.3) is 0 Å². The molecule has 0 aromatic heterocycles. The number of likely N-dealkylation sites (tertiary alicyclic amines) is 1. The molecule has 6 N–H and O–H groups in total. The van der Waals surface area contributed by atoms with E-state index in [4.69, 9.17) is 9.47 Å². The van der Waals surface area contributed by atoms with Crippen molar-refractivity contribution in [2.24, 2.45) is 5.92 Å². The second-order valence-corrected chi connectivity index (χ2v) is 11.0. The van der Waals surface area contributed by atoms with E-state index >= 15 is 0 Å². The quantitative estimate of drug-likeness (QED) is 0.125. The van der Waals surface area contributed by atoms with Crippen molar-refractivity contribution in [3.05, 3.63) is 0 Å². The maximum absolute atomic E-state index is 12.6. The molecule has 232 valence electrons. The second-order valence-electron chi connectivity index (χ2n) is 11.0. The van der Waals surface area contributed by atoms with E-state index in [0.29, 0.717) is 38.1 Å². The molecule has 5 unspecified atom stereocenters. The van der Waals surface area contributed by atoms with Crippen molar-refractivity contribution in [1.82, 2.24) is 15.5 Å². The molecule has 2 heterocycles. The Morgan fingerprint density at radius 3 is 2.38 bits per heavy atom. The number of amides is 3. The lowest BCUT2D eigenvalue weighted by Crippen LogP contribution is -2.64. The Morgan fingerprint density at radius 1 is 0.975 bits per heavy atom. The van der Waals surface area contributed by atoms with Gasteiger partial charge in [0.05, 0.1) is 19.3 Å². The fourth-order valence-corrected chi connectivity index (χ4v) is 5.52. The number of nitrogens with one attached hydrogen (secondary N) is 2. The molecule has 0 aliphatic carbocycles. The van der Waals surface area contributed by atoms with Crippen LogP contribution >= 0.6 is 0 Å². The zero-order valence-electron chi connectivity index (χ0n) is 24.1. The van der Waals surface area contributed by atoms with E-state index in [1.165, 1.54) is 6.92 Å². The van der Waals surface area contributed by atoms with Crippen LogP contribution in [0.15, 0.2) is 0 Å². The summed E-state index contributed by atoms with van der Waals surface area (Å²) in [6.07, 6.45) is 3.67. The highest BCUT2D eigenvalue weighted by molar-refractivity contribution is 5.77.